The molecule has 1 aromatic rings. The molecule has 1 aliphatic carbocycles. The third kappa shape index (κ3) is 7.88. The number of allylic oxidation sites excluding steroid dienone is 5. The molecule has 0 amide bonds. The van der Waals surface area contributed by atoms with Gasteiger partial charge in [-0.1, -0.05) is 75.8 Å². The molecule has 190 valence electrons. The fourth-order valence-corrected chi connectivity index (χ4v) is 5.32. The minimum absolute atomic E-state index is 0.109. The van der Waals surface area contributed by atoms with Crippen LogP contribution in [0.15, 0.2) is 77.7 Å². The summed E-state index contributed by atoms with van der Waals surface area (Å²) in [4.78, 5) is 0. The number of benzene rings is 1. The maximum Gasteiger partial charge on any atom is 0.130 e. The highest BCUT2D eigenvalue weighted by molar-refractivity contribution is 5.84. The maximum absolute atomic E-state index is 13.8. The molecule has 0 spiro atoms. The predicted octanol–water partition coefficient (Wildman–Crippen LogP) is 8.59. The zero-order valence-electron chi connectivity index (χ0n) is 22.5. The predicted molar refractivity (Wildman–Crippen MR) is 150 cm³/mol. The number of hydrogen-bond donors (Lipinski definition) is 1. The lowest BCUT2D eigenvalue weighted by Crippen LogP contribution is -2.37. The third-order valence-electron chi connectivity index (χ3n) is 7.48. The van der Waals surface area contributed by atoms with Crippen molar-refractivity contribution in [1.29, 1.82) is 5.41 Å². The Morgan fingerprint density at radius 2 is 1.74 bits per heavy atom. The summed E-state index contributed by atoms with van der Waals surface area (Å²) >= 11 is 0. The Labute approximate surface area is 212 Å². The van der Waals surface area contributed by atoms with Gasteiger partial charge in [0.25, 0.3) is 0 Å². The van der Waals surface area contributed by atoms with Gasteiger partial charge in [-0.2, -0.15) is 5.10 Å². The molecular weight excluding hydrogens is 433 g/mol. The summed E-state index contributed by atoms with van der Waals surface area (Å²) in [5.74, 6) is -0.329. The van der Waals surface area contributed by atoms with Gasteiger partial charge in [-0.3, -0.25) is 5.01 Å². The summed E-state index contributed by atoms with van der Waals surface area (Å²) in [6.45, 7) is 15.7. The van der Waals surface area contributed by atoms with Gasteiger partial charge in [-0.05, 0) is 74.6 Å². The van der Waals surface area contributed by atoms with E-state index in [2.05, 4.69) is 56.4 Å². The van der Waals surface area contributed by atoms with Gasteiger partial charge in [0.15, 0.2) is 0 Å². The lowest BCUT2D eigenvalue weighted by molar-refractivity contribution is 0.173. The van der Waals surface area contributed by atoms with Crippen LogP contribution in [0.25, 0.3) is 0 Å². The molecule has 4 heteroatoms. The van der Waals surface area contributed by atoms with E-state index in [1.165, 1.54) is 56.4 Å². The lowest BCUT2D eigenvalue weighted by atomic mass is 9.72. The van der Waals surface area contributed by atoms with E-state index < -0.39 is 0 Å². The lowest BCUT2D eigenvalue weighted by Gasteiger charge is -2.33. The molecule has 1 aromatic carbocycles. The Balaban J connectivity index is 0.000000250. The number of rotatable bonds is 8. The van der Waals surface area contributed by atoms with Crippen LogP contribution in [0.4, 0.5) is 4.39 Å². The minimum Gasteiger partial charge on any atom is -0.308 e. The Hall–Kier alpha value is -2.75. The van der Waals surface area contributed by atoms with Crippen LogP contribution in [0.5, 0.6) is 0 Å². The highest BCUT2D eigenvalue weighted by atomic mass is 19.1. The first kappa shape index (κ1) is 28.5. The molecule has 1 heterocycles. The second kappa shape index (κ2) is 12.8. The van der Waals surface area contributed by atoms with Crippen molar-refractivity contribution in [2.45, 2.75) is 84.6 Å². The van der Waals surface area contributed by atoms with E-state index in [4.69, 9.17) is 5.41 Å². The molecule has 0 radical (unpaired) electrons. The van der Waals surface area contributed by atoms with Crippen LogP contribution in [-0.4, -0.2) is 29.5 Å². The molecule has 1 atom stereocenters. The van der Waals surface area contributed by atoms with E-state index in [1.807, 2.05) is 32.0 Å². The average molecular weight is 478 g/mol. The maximum atomic E-state index is 13.8. The summed E-state index contributed by atoms with van der Waals surface area (Å²) < 4.78 is 13.8. The molecule has 1 N–H and O–H groups in total. The first-order valence-electron chi connectivity index (χ1n) is 12.8. The topological polar surface area (TPSA) is 39.5 Å². The summed E-state index contributed by atoms with van der Waals surface area (Å²) in [5, 5.41) is 13.6. The zero-order chi connectivity index (χ0) is 26.1. The second-order valence-corrected chi connectivity index (χ2v) is 10.6. The highest BCUT2D eigenvalue weighted by Gasteiger charge is 2.35. The Morgan fingerprint density at radius 3 is 2.20 bits per heavy atom. The minimum atomic E-state index is -0.329. The molecule has 0 saturated heterocycles. The number of halogens is 1. The number of nitrogens with zero attached hydrogens (tertiary/aromatic N) is 2. The molecule has 35 heavy (non-hydrogen) atoms. The van der Waals surface area contributed by atoms with E-state index in [0.29, 0.717) is 11.0 Å². The largest absolute Gasteiger partial charge is 0.308 e. The monoisotopic (exact) mass is 477 g/mol. The Bertz CT molecular complexity index is 977. The average Bonchev–Trinajstić information content (AvgIpc) is 3.10. The molecule has 1 unspecified atom stereocenters. The van der Waals surface area contributed by atoms with Crippen molar-refractivity contribution < 1.29 is 4.39 Å². The zero-order valence-corrected chi connectivity index (χ0v) is 22.5. The molecule has 1 aliphatic heterocycles. The van der Waals surface area contributed by atoms with E-state index in [1.54, 1.807) is 6.08 Å². The fraction of sp³-hybridized carbons (Fsp3) is 0.484. The van der Waals surface area contributed by atoms with E-state index in [9.17, 15) is 4.39 Å². The first-order valence-corrected chi connectivity index (χ1v) is 12.8. The van der Waals surface area contributed by atoms with Crippen molar-refractivity contribution in [1.82, 2.24) is 5.01 Å². The van der Waals surface area contributed by atoms with Crippen molar-refractivity contribution in [3.05, 3.63) is 83.8 Å². The molecule has 2 aliphatic rings. The molecule has 3 nitrogen and oxygen atoms in total. The summed E-state index contributed by atoms with van der Waals surface area (Å²) in [6.07, 6.45) is 15.9. The van der Waals surface area contributed by atoms with Crippen molar-refractivity contribution in [3.8, 4) is 0 Å². The SMILES string of the molecule is C=C/C(F)=C(C=C)\C(=C/C)CC1(C)CC(C)=NN1C.CC1(Cc2ccc(C=N)cc2)CCCCC1. The summed E-state index contributed by atoms with van der Waals surface area (Å²) in [6, 6.07) is 8.46. The molecule has 1 saturated carbocycles. The number of hydrazone groups is 1. The van der Waals surface area contributed by atoms with Crippen LogP contribution in [0.2, 0.25) is 0 Å². The summed E-state index contributed by atoms with van der Waals surface area (Å²) in [7, 11) is 1.96. The van der Waals surface area contributed by atoms with E-state index in [0.717, 1.165) is 29.7 Å². The van der Waals surface area contributed by atoms with Crippen LogP contribution < -0.4 is 0 Å². The molecule has 3 rings (SSSR count). The highest BCUT2D eigenvalue weighted by Crippen LogP contribution is 2.38. The van der Waals surface area contributed by atoms with Crippen LogP contribution in [0, 0.1) is 10.8 Å². The van der Waals surface area contributed by atoms with Crippen molar-refractivity contribution in [2.24, 2.45) is 10.5 Å². The van der Waals surface area contributed by atoms with E-state index >= 15 is 0 Å². The number of hydrogen-bond acceptors (Lipinski definition) is 3. The molecule has 0 bridgehead atoms. The summed E-state index contributed by atoms with van der Waals surface area (Å²) in [5.41, 5.74) is 5.40. The van der Waals surface area contributed by atoms with E-state index in [-0.39, 0.29) is 11.4 Å². The normalized spacial score (nSPS) is 22.4. The van der Waals surface area contributed by atoms with Crippen molar-refractivity contribution >= 4 is 11.9 Å². The molecule has 0 aromatic heterocycles. The van der Waals surface area contributed by atoms with Gasteiger partial charge in [-0.25, -0.2) is 4.39 Å². The van der Waals surface area contributed by atoms with Crippen LogP contribution in [0.3, 0.4) is 0 Å². The van der Waals surface area contributed by atoms with Gasteiger partial charge in [0.05, 0.1) is 5.54 Å². The molecular formula is C31H44FN3. The van der Waals surface area contributed by atoms with Gasteiger partial charge in [0.2, 0.25) is 0 Å². The van der Waals surface area contributed by atoms with Gasteiger partial charge in [0.1, 0.15) is 5.83 Å². The van der Waals surface area contributed by atoms with Crippen LogP contribution >= 0.6 is 0 Å². The number of nitrogens with one attached hydrogen (secondary N) is 1. The smallest absolute Gasteiger partial charge is 0.130 e. The molecule has 1 fully saturated rings. The first-order chi connectivity index (χ1) is 16.6. The second-order valence-electron chi connectivity index (χ2n) is 10.6. The van der Waals surface area contributed by atoms with Gasteiger partial charge < -0.3 is 5.41 Å². The standard InChI is InChI=1S/C16H23FN2.C15H21N/c1-7-13(14(8-2)15(17)9-3)11-16(5)10-12(4)18-19(16)6;1-15(9-3-2-4-10-15)11-13-5-7-14(12-16)8-6-13/h7-9H,2-3,10-11H2,1,4-6H3;5-8,12,16H,2-4,9-11H2,1H3/b13-7-,15-14+;. The van der Waals surface area contributed by atoms with Crippen molar-refractivity contribution in [3.63, 3.8) is 0 Å². The van der Waals surface area contributed by atoms with Crippen LogP contribution in [0.1, 0.15) is 83.8 Å². The van der Waals surface area contributed by atoms with Gasteiger partial charge in [0, 0.05) is 31.0 Å². The Kier molecular flexibility index (Phi) is 10.4. The van der Waals surface area contributed by atoms with Crippen molar-refractivity contribution in [2.75, 3.05) is 7.05 Å². The Morgan fingerprint density at radius 1 is 1.11 bits per heavy atom. The van der Waals surface area contributed by atoms with Gasteiger partial charge >= 0.3 is 0 Å². The van der Waals surface area contributed by atoms with Crippen LogP contribution in [-0.2, 0) is 6.42 Å². The quantitative estimate of drug-likeness (QED) is 0.295. The fourth-order valence-electron chi connectivity index (χ4n) is 5.32. The third-order valence-corrected chi connectivity index (χ3v) is 7.48. The van der Waals surface area contributed by atoms with Gasteiger partial charge in [-0.15, -0.1) is 0 Å².